The van der Waals surface area contributed by atoms with Crippen molar-refractivity contribution >= 4 is 29.3 Å². The van der Waals surface area contributed by atoms with Crippen LogP contribution in [0.25, 0.3) is 5.65 Å². The number of nitrogens with one attached hydrogen (secondary N) is 3. The van der Waals surface area contributed by atoms with Gasteiger partial charge in [0.2, 0.25) is 11.9 Å². The van der Waals surface area contributed by atoms with E-state index >= 15 is 0 Å². The molecule has 1 amide bonds. The molecule has 0 aliphatic carbocycles. The molecule has 5 heterocycles. The number of hydrogen-bond donors (Lipinski definition) is 3. The van der Waals surface area contributed by atoms with Crippen molar-refractivity contribution in [2.75, 3.05) is 16.8 Å². The minimum absolute atomic E-state index is 0.0404. The molecule has 1 fully saturated rings. The van der Waals surface area contributed by atoms with Crippen molar-refractivity contribution < 1.29 is 4.79 Å². The topological polar surface area (TPSA) is 116 Å². The largest absolute Gasteiger partial charge is 0.349 e. The van der Waals surface area contributed by atoms with E-state index in [1.807, 2.05) is 61.0 Å². The van der Waals surface area contributed by atoms with Gasteiger partial charge in [-0.3, -0.25) is 19.3 Å². The van der Waals surface area contributed by atoms with E-state index in [1.54, 1.807) is 6.07 Å². The van der Waals surface area contributed by atoms with Crippen LogP contribution in [0, 0.1) is 0 Å². The molecule has 10 heteroatoms. The van der Waals surface area contributed by atoms with Crippen LogP contribution in [0.5, 0.6) is 0 Å². The van der Waals surface area contributed by atoms with Gasteiger partial charge in [-0.15, -0.1) is 0 Å². The Morgan fingerprint density at radius 1 is 1.22 bits per heavy atom. The number of aromatic nitrogens is 6. The zero-order valence-corrected chi connectivity index (χ0v) is 18.0. The van der Waals surface area contributed by atoms with Crippen LogP contribution >= 0.6 is 0 Å². The number of carbonyl (C=O) groups excluding carboxylic acids is 1. The zero-order chi connectivity index (χ0) is 22.1. The van der Waals surface area contributed by atoms with Gasteiger partial charge in [0.15, 0.2) is 5.82 Å². The standard InChI is InChI=1S/C22H25N9O/c1-14(2)24-20(32)16-13-18(29-28-16)25-21-27-22(26-19-9-6-12-31(19)21)30-11-5-8-17(30)15-7-3-4-10-23-15/h3-4,6-7,9-10,12-14,17H,5,8,11H2,1-2H3,(H,24,32)(H2,25,26,27,28,29). The van der Waals surface area contributed by atoms with Gasteiger partial charge < -0.3 is 15.5 Å². The highest BCUT2D eigenvalue weighted by atomic mass is 16.2. The monoisotopic (exact) mass is 431 g/mol. The van der Waals surface area contributed by atoms with E-state index in [0.29, 0.717) is 23.4 Å². The predicted octanol–water partition coefficient (Wildman–Crippen LogP) is 3.07. The molecule has 1 atom stereocenters. The Morgan fingerprint density at radius 3 is 2.94 bits per heavy atom. The molecule has 1 aliphatic rings. The summed E-state index contributed by atoms with van der Waals surface area (Å²) in [5.74, 6) is 1.51. The minimum Gasteiger partial charge on any atom is -0.349 e. The molecule has 0 aromatic carbocycles. The van der Waals surface area contributed by atoms with Crippen LogP contribution in [0.3, 0.4) is 0 Å². The molecule has 1 aliphatic heterocycles. The van der Waals surface area contributed by atoms with Crippen LogP contribution in [-0.2, 0) is 0 Å². The summed E-state index contributed by atoms with van der Waals surface area (Å²) >= 11 is 0. The summed E-state index contributed by atoms with van der Waals surface area (Å²) in [7, 11) is 0. The van der Waals surface area contributed by atoms with E-state index in [1.165, 1.54) is 0 Å². The molecule has 3 N–H and O–H groups in total. The Kier molecular flexibility index (Phi) is 5.18. The maximum absolute atomic E-state index is 12.2. The second-order valence-corrected chi connectivity index (χ2v) is 8.11. The van der Waals surface area contributed by atoms with Crippen LogP contribution in [0.2, 0.25) is 0 Å². The Bertz CT molecular complexity index is 1230. The van der Waals surface area contributed by atoms with Crippen LogP contribution in [0.1, 0.15) is 48.9 Å². The summed E-state index contributed by atoms with van der Waals surface area (Å²) in [5.41, 5.74) is 2.18. The van der Waals surface area contributed by atoms with Gasteiger partial charge in [-0.25, -0.2) is 0 Å². The van der Waals surface area contributed by atoms with Gasteiger partial charge in [-0.1, -0.05) is 6.07 Å². The highest BCUT2D eigenvalue weighted by Gasteiger charge is 2.29. The average molecular weight is 432 g/mol. The normalized spacial score (nSPS) is 16.1. The number of aromatic amines is 1. The van der Waals surface area contributed by atoms with E-state index in [0.717, 1.165) is 30.7 Å². The zero-order valence-electron chi connectivity index (χ0n) is 18.0. The molecule has 32 heavy (non-hydrogen) atoms. The highest BCUT2D eigenvalue weighted by molar-refractivity contribution is 5.93. The van der Waals surface area contributed by atoms with Crippen molar-refractivity contribution in [3.8, 4) is 0 Å². The third-order valence-corrected chi connectivity index (χ3v) is 5.40. The summed E-state index contributed by atoms with van der Waals surface area (Å²) < 4.78 is 1.86. The maximum Gasteiger partial charge on any atom is 0.269 e. The number of anilines is 3. The summed E-state index contributed by atoms with van der Waals surface area (Å²) in [6.45, 7) is 4.68. The Hall–Kier alpha value is -3.95. The molecule has 0 radical (unpaired) electrons. The van der Waals surface area contributed by atoms with E-state index in [-0.39, 0.29) is 18.0 Å². The van der Waals surface area contributed by atoms with Crippen LogP contribution in [-0.4, -0.2) is 48.0 Å². The smallest absolute Gasteiger partial charge is 0.269 e. The van der Waals surface area contributed by atoms with Gasteiger partial charge in [0, 0.05) is 31.0 Å². The van der Waals surface area contributed by atoms with E-state index in [9.17, 15) is 4.79 Å². The molecule has 4 aromatic rings. The molecule has 164 valence electrons. The summed E-state index contributed by atoms with van der Waals surface area (Å²) in [4.78, 5) is 28.6. The lowest BCUT2D eigenvalue weighted by atomic mass is 10.1. The Balaban J connectivity index is 1.45. The van der Waals surface area contributed by atoms with Crippen molar-refractivity contribution in [1.82, 2.24) is 34.9 Å². The van der Waals surface area contributed by atoms with Gasteiger partial charge in [-0.2, -0.15) is 15.1 Å². The molecule has 5 rings (SSSR count). The first-order valence-electron chi connectivity index (χ1n) is 10.7. The minimum atomic E-state index is -0.203. The second-order valence-electron chi connectivity index (χ2n) is 8.11. The Labute approximate surface area is 185 Å². The average Bonchev–Trinajstić information content (AvgIpc) is 3.54. The van der Waals surface area contributed by atoms with Crippen molar-refractivity contribution in [2.45, 2.75) is 38.8 Å². The van der Waals surface area contributed by atoms with E-state index in [4.69, 9.17) is 9.97 Å². The fourth-order valence-electron chi connectivity index (χ4n) is 3.98. The predicted molar refractivity (Wildman–Crippen MR) is 121 cm³/mol. The Morgan fingerprint density at radius 2 is 2.12 bits per heavy atom. The van der Waals surface area contributed by atoms with Crippen LogP contribution in [0.4, 0.5) is 17.7 Å². The number of rotatable bonds is 6. The summed E-state index contributed by atoms with van der Waals surface area (Å²) in [6.07, 6.45) is 5.76. The van der Waals surface area contributed by atoms with Gasteiger partial charge in [-0.05, 0) is 51.0 Å². The molecule has 0 spiro atoms. The molecule has 10 nitrogen and oxygen atoms in total. The van der Waals surface area contributed by atoms with Crippen LogP contribution in [0.15, 0.2) is 48.8 Å². The lowest BCUT2D eigenvalue weighted by molar-refractivity contribution is 0.0938. The second kappa shape index (κ2) is 8.29. The van der Waals surface area contributed by atoms with E-state index in [2.05, 4.69) is 30.7 Å². The molecule has 0 bridgehead atoms. The third-order valence-electron chi connectivity index (χ3n) is 5.40. The first-order valence-corrected chi connectivity index (χ1v) is 10.7. The molecule has 1 unspecified atom stereocenters. The molecule has 4 aromatic heterocycles. The number of carbonyl (C=O) groups is 1. The molecular weight excluding hydrogens is 406 g/mol. The first-order chi connectivity index (χ1) is 15.6. The van der Waals surface area contributed by atoms with Gasteiger partial charge >= 0.3 is 0 Å². The number of nitrogens with zero attached hydrogens (tertiary/aromatic N) is 6. The molecule has 0 saturated carbocycles. The quantitative estimate of drug-likeness (QED) is 0.430. The fourth-order valence-corrected chi connectivity index (χ4v) is 3.98. The summed E-state index contributed by atoms with van der Waals surface area (Å²) in [5, 5.41) is 13.1. The van der Waals surface area contributed by atoms with Crippen molar-refractivity contribution in [1.29, 1.82) is 0 Å². The molecular formula is C22H25N9O. The lowest BCUT2D eigenvalue weighted by Crippen LogP contribution is -2.30. The number of fused-ring (bicyclic) bond motifs is 1. The summed E-state index contributed by atoms with van der Waals surface area (Å²) in [6, 6.07) is 11.7. The SMILES string of the molecule is CC(C)NC(=O)c1cc(Nc2nc(N3CCCC3c3ccccn3)nc3cccn23)n[nH]1. The number of pyridine rings is 1. The third kappa shape index (κ3) is 3.86. The van der Waals surface area contributed by atoms with Gasteiger partial charge in [0.25, 0.3) is 5.91 Å². The van der Waals surface area contributed by atoms with Gasteiger partial charge in [0.1, 0.15) is 11.3 Å². The van der Waals surface area contributed by atoms with Crippen LogP contribution < -0.4 is 15.5 Å². The van der Waals surface area contributed by atoms with Crippen molar-refractivity contribution in [2.24, 2.45) is 0 Å². The molecule has 1 saturated heterocycles. The first kappa shape index (κ1) is 20.0. The number of H-pyrrole nitrogens is 1. The highest BCUT2D eigenvalue weighted by Crippen LogP contribution is 2.34. The number of amides is 1. The van der Waals surface area contributed by atoms with Crippen molar-refractivity contribution in [3.63, 3.8) is 0 Å². The lowest BCUT2D eigenvalue weighted by Gasteiger charge is -2.24. The maximum atomic E-state index is 12.2. The van der Waals surface area contributed by atoms with E-state index < -0.39 is 0 Å². The number of hydrogen-bond acceptors (Lipinski definition) is 7. The fraction of sp³-hybridized carbons (Fsp3) is 0.318. The van der Waals surface area contributed by atoms with Crippen molar-refractivity contribution in [3.05, 3.63) is 60.2 Å². The van der Waals surface area contributed by atoms with Gasteiger partial charge in [0.05, 0.1) is 11.7 Å².